The molecule has 6 nitrogen and oxygen atoms in total. The maximum absolute atomic E-state index is 14.3. The summed E-state index contributed by atoms with van der Waals surface area (Å²) in [7, 11) is 0. The standard InChI is InChI=1S/C26H17ClFN3O3/c27-18-9-11-19(12-10-18)31-25(33)21(24(32)29-26(31)34)13-17-15-30(23-8-4-2-6-20(17)23)14-16-5-1-3-7-22(16)28/h1-13,15H,14H2,(H,29,32,34)/b21-13+. The van der Waals surface area contributed by atoms with Crippen molar-refractivity contribution in [2.45, 2.75) is 6.54 Å². The summed E-state index contributed by atoms with van der Waals surface area (Å²) in [6.07, 6.45) is 3.21. The Kier molecular flexibility index (Phi) is 5.47. The number of hydrogen-bond acceptors (Lipinski definition) is 3. The zero-order chi connectivity index (χ0) is 23.8. The number of barbiturate groups is 1. The largest absolute Gasteiger partial charge is 0.342 e. The third-order valence-electron chi connectivity index (χ3n) is 5.60. The number of hydrogen-bond donors (Lipinski definition) is 1. The Morgan fingerprint density at radius 1 is 0.912 bits per heavy atom. The predicted octanol–water partition coefficient (Wildman–Crippen LogP) is 5.15. The van der Waals surface area contributed by atoms with Crippen molar-refractivity contribution in [1.82, 2.24) is 9.88 Å². The van der Waals surface area contributed by atoms with Gasteiger partial charge in [-0.15, -0.1) is 0 Å². The summed E-state index contributed by atoms with van der Waals surface area (Å²) in [5, 5.41) is 3.44. The first kappa shape index (κ1) is 21.6. The highest BCUT2D eigenvalue weighted by Gasteiger charge is 2.37. The third kappa shape index (κ3) is 3.86. The number of anilines is 1. The van der Waals surface area contributed by atoms with Crippen molar-refractivity contribution in [2.75, 3.05) is 4.90 Å². The normalized spacial score (nSPS) is 15.3. The van der Waals surface area contributed by atoms with Gasteiger partial charge in [-0.25, -0.2) is 14.1 Å². The number of amides is 4. The second-order valence-electron chi connectivity index (χ2n) is 7.76. The van der Waals surface area contributed by atoms with Crippen molar-refractivity contribution in [1.29, 1.82) is 0 Å². The second kappa shape index (κ2) is 8.61. The minimum Gasteiger partial charge on any atom is -0.342 e. The SMILES string of the molecule is O=C1NC(=O)N(c2ccc(Cl)cc2)C(=O)/C1=C/c1cn(Cc2ccccc2F)c2ccccc12. The molecule has 4 amide bonds. The van der Waals surface area contributed by atoms with Crippen molar-refractivity contribution in [3.05, 3.63) is 107 Å². The quantitative estimate of drug-likeness (QED) is 0.329. The van der Waals surface area contributed by atoms with Crippen LogP contribution >= 0.6 is 11.6 Å². The molecule has 0 unspecified atom stereocenters. The fraction of sp³-hybridized carbons (Fsp3) is 0.0385. The average molecular weight is 474 g/mol. The van der Waals surface area contributed by atoms with Crippen molar-refractivity contribution in [2.24, 2.45) is 0 Å². The van der Waals surface area contributed by atoms with Gasteiger partial charge in [-0.2, -0.15) is 0 Å². The van der Waals surface area contributed by atoms with Crippen LogP contribution in [0.1, 0.15) is 11.1 Å². The summed E-state index contributed by atoms with van der Waals surface area (Å²) in [4.78, 5) is 39.1. The van der Waals surface area contributed by atoms with Gasteiger partial charge in [-0.1, -0.05) is 48.0 Å². The van der Waals surface area contributed by atoms with Gasteiger partial charge in [0.1, 0.15) is 11.4 Å². The van der Waals surface area contributed by atoms with Crippen molar-refractivity contribution in [3.8, 4) is 0 Å². The lowest BCUT2D eigenvalue weighted by atomic mass is 10.1. The number of urea groups is 1. The summed E-state index contributed by atoms with van der Waals surface area (Å²) in [5.74, 6) is -1.85. The number of nitrogens with zero attached hydrogens (tertiary/aromatic N) is 2. The van der Waals surface area contributed by atoms with Crippen LogP contribution in [0.25, 0.3) is 17.0 Å². The van der Waals surface area contributed by atoms with Crippen molar-refractivity contribution in [3.63, 3.8) is 0 Å². The number of rotatable bonds is 4. The molecular formula is C26H17ClFN3O3. The highest BCUT2D eigenvalue weighted by atomic mass is 35.5. The summed E-state index contributed by atoms with van der Waals surface area (Å²) in [6, 6.07) is 19.2. The van der Waals surface area contributed by atoms with Crippen LogP contribution in [0.5, 0.6) is 0 Å². The molecule has 0 saturated carbocycles. The van der Waals surface area contributed by atoms with E-state index < -0.39 is 17.8 Å². The van der Waals surface area contributed by atoms with E-state index in [1.165, 1.54) is 24.3 Å². The Morgan fingerprint density at radius 2 is 1.62 bits per heavy atom. The zero-order valence-corrected chi connectivity index (χ0v) is 18.4. The minimum atomic E-state index is -0.837. The molecule has 0 atom stereocenters. The molecule has 0 bridgehead atoms. The molecule has 4 aromatic rings. The maximum atomic E-state index is 14.3. The Balaban J connectivity index is 1.57. The van der Waals surface area contributed by atoms with Gasteiger partial charge in [-0.05, 0) is 42.5 Å². The molecule has 1 aliphatic heterocycles. The van der Waals surface area contributed by atoms with Crippen molar-refractivity contribution >= 4 is 52.1 Å². The number of para-hydroxylation sites is 1. The van der Waals surface area contributed by atoms with Gasteiger partial charge in [0.05, 0.1) is 12.2 Å². The molecule has 3 aromatic carbocycles. The van der Waals surface area contributed by atoms with E-state index in [2.05, 4.69) is 5.32 Å². The molecule has 34 heavy (non-hydrogen) atoms. The Morgan fingerprint density at radius 3 is 2.38 bits per heavy atom. The van der Waals surface area contributed by atoms with E-state index in [1.54, 1.807) is 36.5 Å². The van der Waals surface area contributed by atoms with E-state index >= 15 is 0 Å². The topological polar surface area (TPSA) is 71.4 Å². The smallest absolute Gasteiger partial charge is 0.335 e. The van der Waals surface area contributed by atoms with E-state index in [0.717, 1.165) is 15.8 Å². The molecule has 1 aliphatic rings. The first-order chi connectivity index (χ1) is 16.4. The fourth-order valence-electron chi connectivity index (χ4n) is 3.97. The van der Waals surface area contributed by atoms with Crippen molar-refractivity contribution < 1.29 is 18.8 Å². The van der Waals surface area contributed by atoms with Crippen LogP contribution in [0, 0.1) is 5.82 Å². The number of nitrogens with one attached hydrogen (secondary N) is 1. The molecule has 8 heteroatoms. The van der Waals surface area contributed by atoms with Crippen LogP contribution in [0.4, 0.5) is 14.9 Å². The first-order valence-corrected chi connectivity index (χ1v) is 10.8. The van der Waals surface area contributed by atoms with Crippen LogP contribution in [0.2, 0.25) is 5.02 Å². The lowest BCUT2D eigenvalue weighted by Crippen LogP contribution is -2.54. The summed E-state index contributed by atoms with van der Waals surface area (Å²) in [6.45, 7) is 0.270. The Hall–Kier alpha value is -4.23. The van der Waals surface area contributed by atoms with E-state index in [0.29, 0.717) is 16.1 Å². The third-order valence-corrected chi connectivity index (χ3v) is 5.86. The number of carbonyl (C=O) groups excluding carboxylic acids is 3. The zero-order valence-electron chi connectivity index (χ0n) is 17.7. The van der Waals surface area contributed by atoms with E-state index in [-0.39, 0.29) is 23.6 Å². The molecule has 1 aromatic heterocycles. The predicted molar refractivity (Wildman–Crippen MR) is 128 cm³/mol. The lowest BCUT2D eigenvalue weighted by molar-refractivity contribution is -0.122. The molecule has 2 heterocycles. The molecule has 1 fully saturated rings. The summed E-state index contributed by atoms with van der Waals surface area (Å²) >= 11 is 5.91. The maximum Gasteiger partial charge on any atom is 0.335 e. The highest BCUT2D eigenvalue weighted by Crippen LogP contribution is 2.28. The molecule has 168 valence electrons. The van der Waals surface area contributed by atoms with Gasteiger partial charge in [0.15, 0.2) is 0 Å². The van der Waals surface area contributed by atoms with Gasteiger partial charge in [-0.3, -0.25) is 14.9 Å². The van der Waals surface area contributed by atoms with Crippen LogP contribution in [-0.4, -0.2) is 22.4 Å². The molecule has 5 rings (SSSR count). The lowest BCUT2D eigenvalue weighted by Gasteiger charge is -2.26. The van der Waals surface area contributed by atoms with Gasteiger partial charge in [0.2, 0.25) is 0 Å². The average Bonchev–Trinajstić information content (AvgIpc) is 3.16. The van der Waals surface area contributed by atoms with Crippen LogP contribution in [0.3, 0.4) is 0 Å². The molecule has 0 spiro atoms. The van der Waals surface area contributed by atoms with E-state index in [9.17, 15) is 18.8 Å². The van der Waals surface area contributed by atoms with Crippen LogP contribution < -0.4 is 10.2 Å². The number of halogens is 2. The molecule has 0 radical (unpaired) electrons. The monoisotopic (exact) mass is 473 g/mol. The highest BCUT2D eigenvalue weighted by molar-refractivity contribution is 6.39. The van der Waals surface area contributed by atoms with Gasteiger partial charge >= 0.3 is 6.03 Å². The number of carbonyl (C=O) groups is 3. The Labute approximate surface area is 198 Å². The molecule has 0 aliphatic carbocycles. The fourth-order valence-corrected chi connectivity index (χ4v) is 4.09. The molecule has 1 N–H and O–H groups in total. The van der Waals surface area contributed by atoms with E-state index in [1.807, 2.05) is 28.8 Å². The van der Waals surface area contributed by atoms with Crippen LogP contribution in [-0.2, 0) is 16.1 Å². The summed E-state index contributed by atoms with van der Waals surface area (Å²) in [5.41, 5.74) is 2.01. The molecule has 1 saturated heterocycles. The number of fused-ring (bicyclic) bond motifs is 1. The first-order valence-electron chi connectivity index (χ1n) is 10.4. The van der Waals surface area contributed by atoms with E-state index in [4.69, 9.17) is 11.6 Å². The Bertz CT molecular complexity index is 1490. The van der Waals surface area contributed by atoms with Gasteiger partial charge in [0.25, 0.3) is 11.8 Å². The van der Waals surface area contributed by atoms with Gasteiger partial charge in [0, 0.05) is 33.2 Å². The molecular weight excluding hydrogens is 457 g/mol. The number of imide groups is 2. The number of aromatic nitrogens is 1. The minimum absolute atomic E-state index is 0.191. The van der Waals surface area contributed by atoms with Gasteiger partial charge < -0.3 is 4.57 Å². The summed E-state index contributed by atoms with van der Waals surface area (Å²) < 4.78 is 16.1. The van der Waals surface area contributed by atoms with Crippen LogP contribution in [0.15, 0.2) is 84.6 Å². The second-order valence-corrected chi connectivity index (χ2v) is 8.19. The number of benzene rings is 3.